The fourth-order valence-corrected chi connectivity index (χ4v) is 9.21. The van der Waals surface area contributed by atoms with Crippen molar-refractivity contribution in [1.29, 1.82) is 0 Å². The van der Waals surface area contributed by atoms with Crippen LogP contribution in [0.4, 0.5) is 0 Å². The van der Waals surface area contributed by atoms with Crippen LogP contribution in [0.3, 0.4) is 0 Å². The highest BCUT2D eigenvalue weighted by atomic mass is 79.9. The number of nitrogens with zero attached hydrogens (tertiary/aromatic N) is 6. The summed E-state index contributed by atoms with van der Waals surface area (Å²) in [6.45, 7) is 19.5. The minimum Gasteiger partial charge on any atom is -0.481 e. The van der Waals surface area contributed by atoms with Gasteiger partial charge in [-0.25, -0.2) is 15.0 Å². The third-order valence-electron chi connectivity index (χ3n) is 11.9. The number of aliphatic carboxylic acids is 1. The maximum Gasteiger partial charge on any atom is 0.307 e. The highest BCUT2D eigenvalue weighted by Gasteiger charge is 2.06. The maximum atomic E-state index is 10.7. The van der Waals surface area contributed by atoms with Gasteiger partial charge in [0.05, 0.1) is 32.0 Å². The van der Waals surface area contributed by atoms with E-state index in [0.29, 0.717) is 0 Å². The van der Waals surface area contributed by atoms with Gasteiger partial charge in [0, 0.05) is 92.3 Å². The van der Waals surface area contributed by atoms with Gasteiger partial charge in [0.1, 0.15) is 8.07 Å². The summed E-state index contributed by atoms with van der Waals surface area (Å²) < 4.78 is 9.47. The van der Waals surface area contributed by atoms with E-state index in [4.69, 9.17) is 23.1 Å². The Balaban J connectivity index is 0.000000219. The van der Waals surface area contributed by atoms with E-state index in [1.54, 1.807) is 37.1 Å². The minimum absolute atomic E-state index is 0.0330. The van der Waals surface area contributed by atoms with Crippen molar-refractivity contribution in [3.05, 3.63) is 263 Å². The van der Waals surface area contributed by atoms with Gasteiger partial charge in [-0.3, -0.25) is 4.79 Å². The second-order valence-corrected chi connectivity index (χ2v) is 27.6. The molecule has 0 spiro atoms. The van der Waals surface area contributed by atoms with Crippen LogP contribution in [0, 0.1) is 70.8 Å². The number of terminal acetylenes is 2. The van der Waals surface area contributed by atoms with Gasteiger partial charge in [-0.2, -0.15) is 0 Å². The fourth-order valence-electron chi connectivity index (χ4n) is 7.15. The predicted molar refractivity (Wildman–Crippen MR) is 345 cm³/mol. The number of alkyl halides is 1. The lowest BCUT2D eigenvalue weighted by molar-refractivity contribution is -0.136. The lowest BCUT2D eigenvalue weighted by atomic mass is 10.0. The average Bonchev–Trinajstić information content (AvgIpc) is 4.27. The average molecular weight is 1340 g/mol. The van der Waals surface area contributed by atoms with E-state index in [-0.39, 0.29) is 13.0 Å². The van der Waals surface area contributed by atoms with E-state index in [1.165, 1.54) is 44.5 Å². The van der Waals surface area contributed by atoms with Crippen molar-refractivity contribution in [1.82, 2.24) is 28.7 Å². The zero-order valence-corrected chi connectivity index (χ0v) is 53.9. The van der Waals surface area contributed by atoms with Crippen LogP contribution in [0.15, 0.2) is 185 Å². The number of carboxylic acids is 1. The number of hydrogen-bond donors (Lipinski definition) is 2. The van der Waals surface area contributed by atoms with Gasteiger partial charge in [0.15, 0.2) is 0 Å². The number of imidazole rings is 3. The highest BCUT2D eigenvalue weighted by molar-refractivity contribution is 9.11. The number of aliphatic hydroxyl groups is 1. The molecule has 0 fully saturated rings. The van der Waals surface area contributed by atoms with Gasteiger partial charge < -0.3 is 23.9 Å². The molecule has 0 unspecified atom stereocenters. The zero-order valence-electron chi connectivity index (χ0n) is 46.6. The van der Waals surface area contributed by atoms with E-state index < -0.39 is 14.0 Å². The predicted octanol–water partition coefficient (Wildman–Crippen LogP) is 15.9. The molecule has 0 aliphatic heterocycles. The highest BCUT2D eigenvalue weighted by Crippen LogP contribution is 2.20. The van der Waals surface area contributed by atoms with Crippen LogP contribution in [-0.2, 0) is 42.8 Å². The third kappa shape index (κ3) is 24.7. The number of benzene rings is 6. The Labute approximate surface area is 508 Å². The van der Waals surface area contributed by atoms with Crippen molar-refractivity contribution < 1.29 is 15.0 Å². The van der Waals surface area contributed by atoms with Crippen LogP contribution in [0.1, 0.15) is 77.9 Å². The molecule has 0 amide bonds. The van der Waals surface area contributed by atoms with Crippen molar-refractivity contribution in [2.45, 2.75) is 92.3 Å². The van der Waals surface area contributed by atoms with Crippen molar-refractivity contribution in [3.8, 4) is 36.2 Å². The third-order valence-corrected chi connectivity index (χ3v) is 14.9. The van der Waals surface area contributed by atoms with Crippen LogP contribution in [0.5, 0.6) is 0 Å². The lowest BCUT2D eigenvalue weighted by Crippen LogP contribution is -2.15. The number of rotatable bonds is 10. The van der Waals surface area contributed by atoms with E-state index in [0.717, 1.165) is 71.8 Å². The Bertz CT molecular complexity index is 3440. The molecule has 6 aromatic carbocycles. The van der Waals surface area contributed by atoms with Crippen LogP contribution in [0.25, 0.3) is 0 Å². The first kappa shape index (κ1) is 65.7. The van der Waals surface area contributed by atoms with Crippen LogP contribution in [-0.4, -0.2) is 52.9 Å². The molecule has 0 atom stereocenters. The monoisotopic (exact) mass is 1340 g/mol. The molecular weight excluding hydrogens is 1270 g/mol. The molecule has 0 radical (unpaired) electrons. The van der Waals surface area contributed by atoms with E-state index in [1.807, 2.05) is 95.8 Å². The molecule has 9 aromatic rings. The summed E-state index contributed by atoms with van der Waals surface area (Å²) in [4.78, 5) is 22.8. The molecule has 3 heterocycles. The molecular formula is C66H68Br4N6O3Si. The molecule has 0 aliphatic carbocycles. The van der Waals surface area contributed by atoms with Crippen molar-refractivity contribution in [2.24, 2.45) is 0 Å². The van der Waals surface area contributed by atoms with Crippen LogP contribution >= 0.6 is 63.7 Å². The van der Waals surface area contributed by atoms with E-state index in [2.05, 4.69) is 208 Å². The molecule has 80 heavy (non-hydrogen) atoms. The number of carbonyl (C=O) groups is 1. The van der Waals surface area contributed by atoms with Gasteiger partial charge in [0.25, 0.3) is 0 Å². The van der Waals surface area contributed by atoms with Gasteiger partial charge in [-0.1, -0.05) is 144 Å². The standard InChI is InChI=1S/C21H18N2O2.C13H12N2.C11H11BrN2.C8H8Br2.C8H9BrO.C5H10Si/c1-16-12-18(8-9-20(16)14-23-11-10-22-15-23)5-2-17-3-6-19(7-4-17)13-21(24)25;1-3-12-4-5-13(11(2)8-12)9-15-7-6-14-10-15;1-9-6-11(12)3-2-10(9)7-14-5-4-13-8-14;1-6-4-8(10)3-2-7(6)5-9;1-6-4-8(9)3-2-7(6)5-10;1-5-6(2,3)4/h3-4,6-12,15H,13-14H2,1H3,(H,24,25);1,4-8,10H,9H2,2H3;2-6,8H,7H2,1H3;2-4H,5H2,1H3;2-4,10H,5H2,1H3;1H,2-4H3. The second-order valence-electron chi connectivity index (χ2n) is 19.5. The minimum atomic E-state index is -1.10. The zero-order chi connectivity index (χ0) is 58.6. The molecule has 3 aromatic heterocycles. The van der Waals surface area contributed by atoms with Crippen LogP contribution < -0.4 is 0 Å². The smallest absolute Gasteiger partial charge is 0.307 e. The van der Waals surface area contributed by atoms with Gasteiger partial charge in [0.2, 0.25) is 0 Å². The molecule has 9 nitrogen and oxygen atoms in total. The van der Waals surface area contributed by atoms with Crippen molar-refractivity contribution in [3.63, 3.8) is 0 Å². The number of aliphatic hydroxyl groups excluding tert-OH is 1. The first-order valence-electron chi connectivity index (χ1n) is 25.4. The SMILES string of the molecule is C#C[Si](C)(C)C.C#Cc1ccc(Cn2ccnc2)c(C)c1.Cc1cc(Br)ccc1CBr.Cc1cc(Br)ccc1CO.Cc1cc(Br)ccc1Cn1ccnc1.Cc1cc(C#Cc2ccc(CC(=O)O)cc2)ccc1Cn1ccnc1. The lowest BCUT2D eigenvalue weighted by Gasteiger charge is -2.07. The first-order chi connectivity index (χ1) is 38.2. The van der Waals surface area contributed by atoms with Crippen LogP contribution in [0.2, 0.25) is 19.6 Å². The number of carboxylic acid groups (broad SMARTS) is 1. The summed E-state index contributed by atoms with van der Waals surface area (Å²) in [5.41, 5.74) is 18.6. The first-order valence-corrected chi connectivity index (χ1v) is 32.4. The Morgan fingerprint density at radius 2 is 0.875 bits per heavy atom. The quantitative estimate of drug-likeness (QED) is 0.0802. The molecule has 0 bridgehead atoms. The largest absolute Gasteiger partial charge is 0.481 e. The Morgan fingerprint density at radius 1 is 0.525 bits per heavy atom. The normalized spacial score (nSPS) is 10.1. The van der Waals surface area contributed by atoms with Gasteiger partial charge in [-0.15, -0.1) is 18.4 Å². The molecule has 14 heteroatoms. The molecule has 0 saturated carbocycles. The molecule has 2 N–H and O–H groups in total. The van der Waals surface area contributed by atoms with E-state index in [9.17, 15) is 4.79 Å². The van der Waals surface area contributed by atoms with Gasteiger partial charge >= 0.3 is 5.97 Å². The molecule has 0 saturated heterocycles. The fraction of sp³-hybridized carbons (Fsp3) is 0.212. The Hall–Kier alpha value is -6.80. The summed E-state index contributed by atoms with van der Waals surface area (Å²) in [6, 6.07) is 38.1. The molecule has 0 aliphatic rings. The maximum absolute atomic E-state index is 10.7. The summed E-state index contributed by atoms with van der Waals surface area (Å²) in [7, 11) is -1.10. The molecule has 412 valence electrons. The van der Waals surface area contributed by atoms with Crippen molar-refractivity contribution >= 4 is 77.8 Å². The number of halogens is 4. The Morgan fingerprint density at radius 3 is 1.21 bits per heavy atom. The van der Waals surface area contributed by atoms with Crippen molar-refractivity contribution in [2.75, 3.05) is 0 Å². The number of aryl methyl sites for hydroxylation is 5. The number of hydrogen-bond acceptors (Lipinski definition) is 5. The van der Waals surface area contributed by atoms with E-state index >= 15 is 0 Å². The molecule has 9 rings (SSSR count). The summed E-state index contributed by atoms with van der Waals surface area (Å²) in [6.07, 6.45) is 27.2. The summed E-state index contributed by atoms with van der Waals surface area (Å²) in [5.74, 6) is 8.09. The summed E-state index contributed by atoms with van der Waals surface area (Å²) >= 11 is 13.6. The number of aromatic nitrogens is 6. The Kier molecular flexibility index (Phi) is 28.2. The topological polar surface area (TPSA) is 111 Å². The summed E-state index contributed by atoms with van der Waals surface area (Å²) in [5, 5.41) is 18.5. The second kappa shape index (κ2) is 34.4. The van der Waals surface area contributed by atoms with Gasteiger partial charge in [-0.05, 0) is 169 Å².